The van der Waals surface area contributed by atoms with Crippen molar-refractivity contribution >= 4 is 11.6 Å². The van der Waals surface area contributed by atoms with Crippen LogP contribution >= 0.6 is 0 Å². The third kappa shape index (κ3) is 3.55. The summed E-state index contributed by atoms with van der Waals surface area (Å²) in [5.74, 6) is 0.419. The van der Waals surface area contributed by atoms with Crippen LogP contribution in [0, 0.1) is 18.3 Å². The molecule has 2 heterocycles. The number of carbonyl (C=O) groups is 1. The Kier molecular flexibility index (Phi) is 4.84. The van der Waals surface area contributed by atoms with Gasteiger partial charge in [0.2, 0.25) is 0 Å². The van der Waals surface area contributed by atoms with Crippen molar-refractivity contribution in [2.24, 2.45) is 0 Å². The second-order valence-electron chi connectivity index (χ2n) is 5.78. The van der Waals surface area contributed by atoms with Crippen molar-refractivity contribution in [1.82, 2.24) is 10.1 Å². The lowest BCUT2D eigenvalue weighted by Gasteiger charge is -2.16. The summed E-state index contributed by atoms with van der Waals surface area (Å²) in [6.45, 7) is 1.63. The van der Waals surface area contributed by atoms with Gasteiger partial charge >= 0.3 is 0 Å². The van der Waals surface area contributed by atoms with Crippen LogP contribution in [0.2, 0.25) is 0 Å². The van der Waals surface area contributed by atoms with Crippen LogP contribution in [0.25, 0.3) is 0 Å². The molecule has 1 aliphatic carbocycles. The van der Waals surface area contributed by atoms with Gasteiger partial charge in [0.25, 0.3) is 11.7 Å². The SMILES string of the molecule is COc1cnc(C(=O)Nc2c(C)noc2C#N)cc1OC1CCCC1. The Labute approximate surface area is 144 Å². The molecule has 3 rings (SSSR count). The molecule has 0 atom stereocenters. The average Bonchev–Trinajstić information content (AvgIpc) is 3.25. The molecular weight excluding hydrogens is 324 g/mol. The van der Waals surface area contributed by atoms with Crippen LogP contribution in [0.5, 0.6) is 11.5 Å². The molecule has 1 aliphatic rings. The van der Waals surface area contributed by atoms with Gasteiger partial charge in [0.15, 0.2) is 11.5 Å². The van der Waals surface area contributed by atoms with E-state index in [0.717, 1.165) is 25.7 Å². The molecule has 130 valence electrons. The standard InChI is InChI=1S/C17H18N4O4/c1-10-16(14(8-18)25-21-10)20-17(22)12-7-13(15(23-2)9-19-12)24-11-5-3-4-6-11/h7,9,11H,3-6H2,1-2H3,(H,20,22). The maximum absolute atomic E-state index is 12.5. The molecule has 1 amide bonds. The van der Waals surface area contributed by atoms with Crippen molar-refractivity contribution in [2.45, 2.75) is 38.7 Å². The molecule has 8 heteroatoms. The molecule has 2 aromatic heterocycles. The highest BCUT2D eigenvalue weighted by Crippen LogP contribution is 2.31. The number of anilines is 1. The van der Waals surface area contributed by atoms with Gasteiger partial charge in [-0.1, -0.05) is 5.16 Å². The number of nitrogens with one attached hydrogen (secondary N) is 1. The molecule has 0 spiro atoms. The van der Waals surface area contributed by atoms with E-state index in [1.54, 1.807) is 13.0 Å². The Morgan fingerprint density at radius 2 is 2.16 bits per heavy atom. The molecule has 8 nitrogen and oxygen atoms in total. The minimum atomic E-state index is -0.485. The number of aromatic nitrogens is 2. The van der Waals surface area contributed by atoms with E-state index >= 15 is 0 Å². The number of hydrogen-bond acceptors (Lipinski definition) is 7. The fraction of sp³-hybridized carbons (Fsp3) is 0.412. The van der Waals surface area contributed by atoms with Gasteiger partial charge in [0.1, 0.15) is 23.1 Å². The average molecular weight is 342 g/mol. The van der Waals surface area contributed by atoms with Crippen molar-refractivity contribution in [3.05, 3.63) is 29.4 Å². The molecule has 0 bridgehead atoms. The minimum Gasteiger partial charge on any atom is -0.491 e. The number of ether oxygens (including phenoxy) is 2. The monoisotopic (exact) mass is 342 g/mol. The fourth-order valence-corrected chi connectivity index (χ4v) is 2.75. The van der Waals surface area contributed by atoms with Crippen molar-refractivity contribution < 1.29 is 18.8 Å². The molecule has 1 fully saturated rings. The number of rotatable bonds is 5. The number of aryl methyl sites for hydroxylation is 1. The molecule has 0 radical (unpaired) electrons. The maximum Gasteiger partial charge on any atom is 0.274 e. The largest absolute Gasteiger partial charge is 0.491 e. The molecule has 0 aromatic carbocycles. The second kappa shape index (κ2) is 7.21. The van der Waals surface area contributed by atoms with Gasteiger partial charge in [-0.25, -0.2) is 4.98 Å². The van der Waals surface area contributed by atoms with Crippen LogP contribution < -0.4 is 14.8 Å². The fourth-order valence-electron chi connectivity index (χ4n) is 2.75. The van der Waals surface area contributed by atoms with E-state index in [9.17, 15) is 4.79 Å². The molecule has 1 N–H and O–H groups in total. The molecule has 25 heavy (non-hydrogen) atoms. The minimum absolute atomic E-state index is 0.0539. The van der Waals surface area contributed by atoms with Gasteiger partial charge in [-0.15, -0.1) is 0 Å². The first-order valence-corrected chi connectivity index (χ1v) is 8.00. The first-order valence-electron chi connectivity index (χ1n) is 8.00. The van der Waals surface area contributed by atoms with Gasteiger partial charge in [0.05, 0.1) is 19.4 Å². The van der Waals surface area contributed by atoms with Crippen molar-refractivity contribution in [3.63, 3.8) is 0 Å². The Morgan fingerprint density at radius 1 is 1.40 bits per heavy atom. The van der Waals surface area contributed by atoms with Crippen LogP contribution in [0.4, 0.5) is 5.69 Å². The van der Waals surface area contributed by atoms with Gasteiger partial charge < -0.3 is 19.3 Å². The Bertz CT molecular complexity index is 819. The number of amides is 1. The smallest absolute Gasteiger partial charge is 0.274 e. The van der Waals surface area contributed by atoms with E-state index in [1.165, 1.54) is 13.3 Å². The normalized spacial score (nSPS) is 14.1. The first kappa shape index (κ1) is 16.8. The zero-order valence-corrected chi connectivity index (χ0v) is 14.0. The van der Waals surface area contributed by atoms with Gasteiger partial charge in [-0.2, -0.15) is 5.26 Å². The summed E-state index contributed by atoms with van der Waals surface area (Å²) in [4.78, 5) is 16.6. The summed E-state index contributed by atoms with van der Waals surface area (Å²) in [6, 6.07) is 3.39. The van der Waals surface area contributed by atoms with E-state index in [0.29, 0.717) is 17.2 Å². The van der Waals surface area contributed by atoms with Crippen LogP contribution in [-0.4, -0.2) is 29.3 Å². The molecule has 0 aliphatic heterocycles. The highest BCUT2D eigenvalue weighted by atomic mass is 16.5. The summed E-state index contributed by atoms with van der Waals surface area (Å²) < 4.78 is 16.1. The van der Waals surface area contributed by atoms with E-state index in [1.807, 2.05) is 6.07 Å². The zero-order chi connectivity index (χ0) is 17.8. The lowest BCUT2D eigenvalue weighted by atomic mass is 10.2. The molecule has 2 aromatic rings. The molecule has 0 unspecified atom stereocenters. The topological polar surface area (TPSA) is 110 Å². The third-order valence-corrected chi connectivity index (χ3v) is 4.08. The highest BCUT2D eigenvalue weighted by Gasteiger charge is 2.22. The Morgan fingerprint density at radius 3 is 2.84 bits per heavy atom. The lowest BCUT2D eigenvalue weighted by Crippen LogP contribution is -2.16. The molecule has 1 saturated carbocycles. The number of hydrogen-bond donors (Lipinski definition) is 1. The van der Waals surface area contributed by atoms with E-state index < -0.39 is 5.91 Å². The maximum atomic E-state index is 12.5. The summed E-state index contributed by atoms with van der Waals surface area (Å²) in [5, 5.41) is 15.3. The van der Waals surface area contributed by atoms with Gasteiger partial charge in [-0.05, 0) is 32.6 Å². The number of carbonyl (C=O) groups excluding carboxylic acids is 1. The number of nitriles is 1. The Hall–Kier alpha value is -3.08. The summed E-state index contributed by atoms with van der Waals surface area (Å²) in [7, 11) is 1.53. The quantitative estimate of drug-likeness (QED) is 0.889. The van der Waals surface area contributed by atoms with Crippen molar-refractivity contribution in [1.29, 1.82) is 5.26 Å². The van der Waals surface area contributed by atoms with E-state index in [4.69, 9.17) is 19.3 Å². The zero-order valence-electron chi connectivity index (χ0n) is 14.0. The van der Waals surface area contributed by atoms with Crippen LogP contribution in [0.1, 0.15) is 47.6 Å². The van der Waals surface area contributed by atoms with Gasteiger partial charge in [-0.3, -0.25) is 4.79 Å². The van der Waals surface area contributed by atoms with Crippen molar-refractivity contribution in [3.8, 4) is 17.6 Å². The number of pyridine rings is 1. The summed E-state index contributed by atoms with van der Waals surface area (Å²) in [5.41, 5.74) is 0.808. The predicted molar refractivity (Wildman–Crippen MR) is 87.6 cm³/mol. The number of nitrogens with zero attached hydrogens (tertiary/aromatic N) is 3. The first-order chi connectivity index (χ1) is 12.1. The summed E-state index contributed by atoms with van der Waals surface area (Å²) in [6.07, 6.45) is 5.81. The third-order valence-electron chi connectivity index (χ3n) is 4.08. The van der Waals surface area contributed by atoms with Crippen molar-refractivity contribution in [2.75, 3.05) is 12.4 Å². The van der Waals surface area contributed by atoms with E-state index in [-0.39, 0.29) is 23.2 Å². The van der Waals surface area contributed by atoms with Crippen LogP contribution in [-0.2, 0) is 0 Å². The lowest BCUT2D eigenvalue weighted by molar-refractivity contribution is 0.102. The summed E-state index contributed by atoms with van der Waals surface area (Å²) >= 11 is 0. The highest BCUT2D eigenvalue weighted by molar-refractivity contribution is 6.04. The molecular formula is C17H18N4O4. The van der Waals surface area contributed by atoms with E-state index in [2.05, 4.69) is 15.5 Å². The second-order valence-corrected chi connectivity index (χ2v) is 5.78. The Balaban J connectivity index is 1.82. The van der Waals surface area contributed by atoms with Crippen LogP contribution in [0.3, 0.4) is 0 Å². The molecule has 0 saturated heterocycles. The van der Waals surface area contributed by atoms with Gasteiger partial charge in [0, 0.05) is 6.07 Å². The number of methoxy groups -OCH3 is 1. The van der Waals surface area contributed by atoms with Crippen LogP contribution in [0.15, 0.2) is 16.8 Å². The predicted octanol–water partition coefficient (Wildman–Crippen LogP) is 2.83.